The summed E-state index contributed by atoms with van der Waals surface area (Å²) in [6.07, 6.45) is 9.17. The number of amides is 1. The Hall–Kier alpha value is -3.08. The minimum Gasteiger partial charge on any atom is -0.497 e. The Kier molecular flexibility index (Phi) is 4.92. The van der Waals surface area contributed by atoms with Gasteiger partial charge < -0.3 is 14.6 Å². The number of carbonyl (C=O) groups is 1. The number of H-pyrrole nitrogens is 1. The van der Waals surface area contributed by atoms with Crippen molar-refractivity contribution in [3.63, 3.8) is 0 Å². The van der Waals surface area contributed by atoms with Gasteiger partial charge in [0.05, 0.1) is 12.8 Å². The normalized spacial score (nSPS) is 15.5. The van der Waals surface area contributed by atoms with Crippen molar-refractivity contribution in [3.8, 4) is 5.75 Å². The molecule has 0 spiro atoms. The van der Waals surface area contributed by atoms with Gasteiger partial charge in [0.25, 0.3) is 0 Å². The first-order chi connectivity index (χ1) is 13.2. The Morgan fingerprint density at radius 2 is 2.11 bits per heavy atom. The van der Waals surface area contributed by atoms with E-state index in [9.17, 15) is 4.79 Å². The number of aromatic amines is 1. The molecule has 0 saturated carbocycles. The summed E-state index contributed by atoms with van der Waals surface area (Å²) in [6, 6.07) is 11.8. The van der Waals surface area contributed by atoms with E-state index in [1.807, 2.05) is 29.2 Å². The number of benzene rings is 1. The van der Waals surface area contributed by atoms with Gasteiger partial charge >= 0.3 is 0 Å². The van der Waals surface area contributed by atoms with Crippen LogP contribution in [0, 0.1) is 0 Å². The molecular formula is C22H23N3O2. The zero-order valence-corrected chi connectivity index (χ0v) is 15.4. The average molecular weight is 361 g/mol. The van der Waals surface area contributed by atoms with E-state index >= 15 is 0 Å². The average Bonchev–Trinajstić information content (AvgIpc) is 3.16. The molecule has 1 aliphatic heterocycles. The van der Waals surface area contributed by atoms with E-state index in [4.69, 9.17) is 4.74 Å². The number of rotatable bonds is 4. The molecule has 1 amide bonds. The third-order valence-corrected chi connectivity index (χ3v) is 5.25. The van der Waals surface area contributed by atoms with Crippen molar-refractivity contribution >= 4 is 22.9 Å². The van der Waals surface area contributed by atoms with Gasteiger partial charge in [0, 0.05) is 42.5 Å². The first-order valence-electron chi connectivity index (χ1n) is 9.27. The number of carbonyl (C=O) groups excluding carboxylic acids is 1. The van der Waals surface area contributed by atoms with Crippen molar-refractivity contribution in [1.82, 2.24) is 14.9 Å². The van der Waals surface area contributed by atoms with Gasteiger partial charge in [0.2, 0.25) is 5.91 Å². The Bertz CT molecular complexity index is 954. The number of nitrogens with zero attached hydrogens (tertiary/aromatic N) is 2. The van der Waals surface area contributed by atoms with Gasteiger partial charge in [-0.1, -0.05) is 6.07 Å². The van der Waals surface area contributed by atoms with Gasteiger partial charge in [-0.25, -0.2) is 0 Å². The zero-order valence-electron chi connectivity index (χ0n) is 15.4. The zero-order chi connectivity index (χ0) is 18.6. The van der Waals surface area contributed by atoms with E-state index in [1.54, 1.807) is 25.5 Å². The fourth-order valence-electron chi connectivity index (χ4n) is 3.73. The predicted octanol–water partition coefficient (Wildman–Crippen LogP) is 3.99. The molecule has 0 aliphatic carbocycles. The van der Waals surface area contributed by atoms with Crippen LogP contribution >= 0.6 is 0 Å². The second kappa shape index (κ2) is 7.66. The monoisotopic (exact) mass is 361 g/mol. The highest BCUT2D eigenvalue weighted by atomic mass is 16.5. The molecular weight excluding hydrogens is 338 g/mol. The van der Waals surface area contributed by atoms with E-state index in [-0.39, 0.29) is 5.91 Å². The van der Waals surface area contributed by atoms with Gasteiger partial charge in [-0.15, -0.1) is 0 Å². The smallest absolute Gasteiger partial charge is 0.246 e. The first-order valence-corrected chi connectivity index (χ1v) is 9.27. The van der Waals surface area contributed by atoms with Crippen LogP contribution in [-0.4, -0.2) is 41.0 Å². The van der Waals surface area contributed by atoms with Crippen molar-refractivity contribution in [2.75, 3.05) is 20.2 Å². The molecule has 0 unspecified atom stereocenters. The molecule has 4 rings (SSSR count). The molecule has 2 aromatic heterocycles. The fraction of sp³-hybridized carbons (Fsp3) is 0.273. The molecule has 5 heteroatoms. The summed E-state index contributed by atoms with van der Waals surface area (Å²) in [5.74, 6) is 1.38. The number of ether oxygens (including phenoxy) is 1. The molecule has 138 valence electrons. The maximum Gasteiger partial charge on any atom is 0.246 e. The number of methoxy groups -OCH3 is 1. The molecule has 27 heavy (non-hydrogen) atoms. The number of aromatic nitrogens is 2. The number of likely N-dealkylation sites (tertiary alicyclic amines) is 1. The molecule has 3 aromatic rings. The summed E-state index contributed by atoms with van der Waals surface area (Å²) in [5, 5.41) is 1.22. The van der Waals surface area contributed by atoms with Crippen molar-refractivity contribution in [2.45, 2.75) is 18.8 Å². The Balaban J connectivity index is 1.42. The number of piperidine rings is 1. The summed E-state index contributed by atoms with van der Waals surface area (Å²) in [5.41, 5.74) is 3.25. The van der Waals surface area contributed by atoms with Crippen molar-refractivity contribution in [3.05, 3.63) is 66.1 Å². The minimum absolute atomic E-state index is 0.0553. The van der Waals surface area contributed by atoms with Gasteiger partial charge in [-0.05, 0) is 60.7 Å². The van der Waals surface area contributed by atoms with Crippen molar-refractivity contribution in [1.29, 1.82) is 0 Å². The molecule has 3 heterocycles. The largest absolute Gasteiger partial charge is 0.497 e. The second-order valence-corrected chi connectivity index (χ2v) is 6.84. The summed E-state index contributed by atoms with van der Waals surface area (Å²) >= 11 is 0. The quantitative estimate of drug-likeness (QED) is 0.715. The molecule has 1 aliphatic rings. The Labute approximate surface area is 158 Å². The lowest BCUT2D eigenvalue weighted by Gasteiger charge is -2.31. The predicted molar refractivity (Wildman–Crippen MR) is 107 cm³/mol. The van der Waals surface area contributed by atoms with Crippen LogP contribution in [0.1, 0.15) is 30.0 Å². The molecule has 5 nitrogen and oxygen atoms in total. The second-order valence-electron chi connectivity index (χ2n) is 6.84. The third-order valence-electron chi connectivity index (χ3n) is 5.25. The molecule has 0 atom stereocenters. The van der Waals surface area contributed by atoms with Gasteiger partial charge in [-0.2, -0.15) is 0 Å². The highest BCUT2D eigenvalue weighted by molar-refractivity contribution is 5.91. The standard InChI is InChI=1S/C22H23N3O2/c1-27-18-6-7-21-19(14-18)20(15-24-21)16-9-12-25(13-10-16)22(26)8-5-17-4-2-3-11-23-17/h2-8,11,14-16,24H,9-10,12-13H2,1H3. The lowest BCUT2D eigenvalue weighted by Crippen LogP contribution is -2.36. The van der Waals surface area contributed by atoms with E-state index in [0.29, 0.717) is 5.92 Å². The van der Waals surface area contributed by atoms with Gasteiger partial charge in [-0.3, -0.25) is 9.78 Å². The lowest BCUT2D eigenvalue weighted by atomic mass is 9.89. The first kappa shape index (κ1) is 17.3. The highest BCUT2D eigenvalue weighted by Gasteiger charge is 2.24. The van der Waals surface area contributed by atoms with Crippen LogP contribution in [0.2, 0.25) is 0 Å². The van der Waals surface area contributed by atoms with E-state index in [0.717, 1.165) is 42.9 Å². The number of hydrogen-bond acceptors (Lipinski definition) is 3. The molecule has 1 fully saturated rings. The van der Waals surface area contributed by atoms with Crippen molar-refractivity contribution < 1.29 is 9.53 Å². The maximum absolute atomic E-state index is 12.4. The van der Waals surface area contributed by atoms with E-state index < -0.39 is 0 Å². The Morgan fingerprint density at radius 1 is 1.26 bits per heavy atom. The molecule has 1 saturated heterocycles. The molecule has 0 bridgehead atoms. The summed E-state index contributed by atoms with van der Waals surface area (Å²) < 4.78 is 5.37. The van der Waals surface area contributed by atoms with E-state index in [2.05, 4.69) is 28.3 Å². The minimum atomic E-state index is 0.0553. The van der Waals surface area contributed by atoms with Crippen molar-refractivity contribution in [2.24, 2.45) is 0 Å². The lowest BCUT2D eigenvalue weighted by molar-refractivity contribution is -0.126. The molecule has 1 N–H and O–H groups in total. The van der Waals surface area contributed by atoms with Crippen LogP contribution in [-0.2, 0) is 4.79 Å². The SMILES string of the molecule is COc1ccc2[nH]cc(C3CCN(C(=O)C=Cc4ccccn4)CC3)c2c1. The molecule has 0 radical (unpaired) electrons. The van der Waals surface area contributed by atoms with Crippen LogP contribution in [0.4, 0.5) is 0 Å². The third kappa shape index (κ3) is 3.72. The number of nitrogens with one attached hydrogen (secondary N) is 1. The van der Waals surface area contributed by atoms with Crippen LogP contribution in [0.5, 0.6) is 5.75 Å². The van der Waals surface area contributed by atoms with Gasteiger partial charge in [0.1, 0.15) is 5.75 Å². The van der Waals surface area contributed by atoms with Gasteiger partial charge in [0.15, 0.2) is 0 Å². The van der Waals surface area contributed by atoms with Crippen LogP contribution < -0.4 is 4.74 Å². The number of hydrogen-bond donors (Lipinski definition) is 1. The van der Waals surface area contributed by atoms with Crippen LogP contribution in [0.25, 0.3) is 17.0 Å². The summed E-state index contributed by atoms with van der Waals surface area (Å²) in [7, 11) is 1.69. The van der Waals surface area contributed by atoms with Crippen LogP contribution in [0.3, 0.4) is 0 Å². The number of fused-ring (bicyclic) bond motifs is 1. The molecule has 1 aromatic carbocycles. The number of pyridine rings is 1. The highest BCUT2D eigenvalue weighted by Crippen LogP contribution is 2.34. The maximum atomic E-state index is 12.4. The van der Waals surface area contributed by atoms with Crippen LogP contribution in [0.15, 0.2) is 54.9 Å². The summed E-state index contributed by atoms with van der Waals surface area (Å²) in [4.78, 5) is 21.9. The Morgan fingerprint density at radius 3 is 2.85 bits per heavy atom. The fourth-order valence-corrected chi connectivity index (χ4v) is 3.73. The topological polar surface area (TPSA) is 58.2 Å². The summed E-state index contributed by atoms with van der Waals surface area (Å²) in [6.45, 7) is 1.54. The van der Waals surface area contributed by atoms with E-state index in [1.165, 1.54) is 10.9 Å².